The van der Waals surface area contributed by atoms with Gasteiger partial charge in [-0.05, 0) is 11.5 Å². The third kappa shape index (κ3) is 1.58. The molecule has 0 saturated carbocycles. The molecule has 0 spiro atoms. The van der Waals surface area contributed by atoms with E-state index in [9.17, 15) is 4.79 Å². The molecule has 0 fully saturated rings. The fourth-order valence-corrected chi connectivity index (χ4v) is 0.969. The summed E-state index contributed by atoms with van der Waals surface area (Å²) in [6.07, 6.45) is 2.77. The van der Waals surface area contributed by atoms with E-state index in [2.05, 4.69) is 10.2 Å². The largest absolute Gasteiger partial charge is 0.478 e. The third-order valence-corrected chi connectivity index (χ3v) is 1.61. The monoisotopic (exact) mass is 166 g/mol. The van der Waals surface area contributed by atoms with Gasteiger partial charge in [0.1, 0.15) is 0 Å². The standard InChI is InChI=1S/C8H10N2O2/c1-5(2)6-3-9-10-4-7(6)8(11)12/h3-5H,1-2H3,(H,11,12). The van der Waals surface area contributed by atoms with Gasteiger partial charge in [0, 0.05) is 0 Å². The predicted molar refractivity (Wildman–Crippen MR) is 43.1 cm³/mol. The first kappa shape index (κ1) is 8.64. The summed E-state index contributed by atoms with van der Waals surface area (Å²) in [5.41, 5.74) is 0.956. The summed E-state index contributed by atoms with van der Waals surface area (Å²) in [5, 5.41) is 15.9. The first-order valence-electron chi connectivity index (χ1n) is 3.66. The summed E-state index contributed by atoms with van der Waals surface area (Å²) in [5.74, 6) is -0.791. The molecule has 0 amide bonds. The van der Waals surface area contributed by atoms with Gasteiger partial charge in [-0.2, -0.15) is 10.2 Å². The molecule has 0 aliphatic carbocycles. The Kier molecular flexibility index (Phi) is 2.38. The van der Waals surface area contributed by atoms with Crippen LogP contribution in [0.3, 0.4) is 0 Å². The molecule has 1 rings (SSSR count). The van der Waals surface area contributed by atoms with Crippen molar-refractivity contribution in [3.05, 3.63) is 23.5 Å². The van der Waals surface area contributed by atoms with Crippen molar-refractivity contribution in [2.45, 2.75) is 19.8 Å². The normalized spacial score (nSPS) is 10.2. The first-order valence-corrected chi connectivity index (χ1v) is 3.66. The van der Waals surface area contributed by atoms with E-state index >= 15 is 0 Å². The van der Waals surface area contributed by atoms with E-state index in [-0.39, 0.29) is 11.5 Å². The number of carboxylic acids is 1. The summed E-state index contributed by atoms with van der Waals surface area (Å²) < 4.78 is 0. The first-order chi connectivity index (χ1) is 5.63. The summed E-state index contributed by atoms with van der Waals surface area (Å²) in [7, 11) is 0. The molecule has 12 heavy (non-hydrogen) atoms. The van der Waals surface area contributed by atoms with Gasteiger partial charge in [0.25, 0.3) is 0 Å². The minimum atomic E-state index is -0.950. The van der Waals surface area contributed by atoms with E-state index in [1.807, 2.05) is 13.8 Å². The lowest BCUT2D eigenvalue weighted by molar-refractivity contribution is 0.0694. The van der Waals surface area contributed by atoms with E-state index in [0.717, 1.165) is 5.56 Å². The van der Waals surface area contributed by atoms with Gasteiger partial charge in [-0.3, -0.25) is 0 Å². The lowest BCUT2D eigenvalue weighted by Gasteiger charge is -2.06. The zero-order chi connectivity index (χ0) is 9.14. The van der Waals surface area contributed by atoms with Gasteiger partial charge in [-0.25, -0.2) is 4.79 Å². The Morgan fingerprint density at radius 2 is 2.00 bits per heavy atom. The number of hydrogen-bond donors (Lipinski definition) is 1. The van der Waals surface area contributed by atoms with Crippen LogP contribution >= 0.6 is 0 Å². The Bertz CT molecular complexity index is 297. The van der Waals surface area contributed by atoms with Gasteiger partial charge in [0.2, 0.25) is 0 Å². The lowest BCUT2D eigenvalue weighted by Crippen LogP contribution is -2.05. The van der Waals surface area contributed by atoms with Crippen molar-refractivity contribution in [3.8, 4) is 0 Å². The molecule has 0 atom stereocenters. The van der Waals surface area contributed by atoms with Crippen molar-refractivity contribution in [3.63, 3.8) is 0 Å². The molecule has 4 nitrogen and oxygen atoms in total. The fraction of sp³-hybridized carbons (Fsp3) is 0.375. The fourth-order valence-electron chi connectivity index (χ4n) is 0.969. The molecule has 4 heteroatoms. The second-order valence-electron chi connectivity index (χ2n) is 2.82. The summed E-state index contributed by atoms with van der Waals surface area (Å²) >= 11 is 0. The van der Waals surface area contributed by atoms with Crippen LogP contribution < -0.4 is 0 Å². The minimum absolute atomic E-state index is 0.159. The topological polar surface area (TPSA) is 63.1 Å². The highest BCUT2D eigenvalue weighted by Crippen LogP contribution is 2.16. The highest BCUT2D eigenvalue weighted by Gasteiger charge is 2.12. The SMILES string of the molecule is CC(C)c1cnncc1C(=O)O. The Labute approximate surface area is 70.3 Å². The number of hydrogen-bond acceptors (Lipinski definition) is 3. The number of nitrogens with zero attached hydrogens (tertiary/aromatic N) is 2. The predicted octanol–water partition coefficient (Wildman–Crippen LogP) is 1.30. The summed E-state index contributed by atoms with van der Waals surface area (Å²) in [6.45, 7) is 3.84. The summed E-state index contributed by atoms with van der Waals surface area (Å²) in [6, 6.07) is 0. The highest BCUT2D eigenvalue weighted by atomic mass is 16.4. The van der Waals surface area contributed by atoms with E-state index in [1.54, 1.807) is 0 Å². The molecule has 0 bridgehead atoms. The van der Waals surface area contributed by atoms with Crippen LogP contribution in [0.2, 0.25) is 0 Å². The van der Waals surface area contributed by atoms with Gasteiger partial charge in [0.05, 0.1) is 18.0 Å². The maximum atomic E-state index is 10.7. The van der Waals surface area contributed by atoms with Crippen LogP contribution in [0.15, 0.2) is 12.4 Å². The van der Waals surface area contributed by atoms with Crippen LogP contribution in [0, 0.1) is 0 Å². The van der Waals surface area contributed by atoms with Gasteiger partial charge in [0.15, 0.2) is 0 Å². The number of aromatic nitrogens is 2. The zero-order valence-electron chi connectivity index (χ0n) is 6.98. The van der Waals surface area contributed by atoms with Crippen molar-refractivity contribution < 1.29 is 9.90 Å². The molecule has 0 aliphatic rings. The van der Waals surface area contributed by atoms with Crippen molar-refractivity contribution in [2.75, 3.05) is 0 Å². The van der Waals surface area contributed by atoms with Gasteiger partial charge in [-0.15, -0.1) is 0 Å². The highest BCUT2D eigenvalue weighted by molar-refractivity contribution is 5.88. The van der Waals surface area contributed by atoms with Crippen molar-refractivity contribution >= 4 is 5.97 Å². The van der Waals surface area contributed by atoms with Crippen molar-refractivity contribution in [2.24, 2.45) is 0 Å². The molecule has 1 heterocycles. The quantitative estimate of drug-likeness (QED) is 0.719. The maximum absolute atomic E-state index is 10.7. The summed E-state index contributed by atoms with van der Waals surface area (Å²) in [4.78, 5) is 10.7. The molecule has 1 N–H and O–H groups in total. The zero-order valence-corrected chi connectivity index (χ0v) is 6.98. The average Bonchev–Trinajstić information content (AvgIpc) is 2.04. The molecule has 0 radical (unpaired) electrons. The van der Waals surface area contributed by atoms with Crippen molar-refractivity contribution in [1.29, 1.82) is 0 Å². The van der Waals surface area contributed by atoms with Crippen LogP contribution in [-0.4, -0.2) is 21.3 Å². The molecule has 0 saturated heterocycles. The Morgan fingerprint density at radius 3 is 2.42 bits per heavy atom. The van der Waals surface area contributed by atoms with E-state index in [4.69, 9.17) is 5.11 Å². The Balaban J connectivity index is 3.17. The van der Waals surface area contributed by atoms with Gasteiger partial charge >= 0.3 is 5.97 Å². The average molecular weight is 166 g/mol. The van der Waals surface area contributed by atoms with Crippen LogP contribution in [0.4, 0.5) is 0 Å². The number of carbonyl (C=O) groups is 1. The van der Waals surface area contributed by atoms with Crippen LogP contribution in [-0.2, 0) is 0 Å². The number of aromatic carboxylic acids is 1. The molecular weight excluding hydrogens is 156 g/mol. The molecule has 0 aromatic carbocycles. The van der Waals surface area contributed by atoms with Gasteiger partial charge in [-0.1, -0.05) is 13.8 Å². The van der Waals surface area contributed by atoms with E-state index in [1.165, 1.54) is 12.4 Å². The molecule has 64 valence electrons. The molecule has 1 aromatic heterocycles. The number of carboxylic acid groups (broad SMARTS) is 1. The Hall–Kier alpha value is -1.45. The third-order valence-electron chi connectivity index (χ3n) is 1.61. The minimum Gasteiger partial charge on any atom is -0.478 e. The van der Waals surface area contributed by atoms with Gasteiger partial charge < -0.3 is 5.11 Å². The molecule has 0 aliphatic heterocycles. The molecule has 1 aromatic rings. The van der Waals surface area contributed by atoms with Crippen molar-refractivity contribution in [1.82, 2.24) is 10.2 Å². The molecular formula is C8H10N2O2. The van der Waals surface area contributed by atoms with E-state index in [0.29, 0.717) is 0 Å². The number of rotatable bonds is 2. The maximum Gasteiger partial charge on any atom is 0.337 e. The molecule has 0 unspecified atom stereocenters. The van der Waals surface area contributed by atoms with E-state index < -0.39 is 5.97 Å². The second-order valence-corrected chi connectivity index (χ2v) is 2.82. The smallest absolute Gasteiger partial charge is 0.337 e. The van der Waals surface area contributed by atoms with Crippen LogP contribution in [0.25, 0.3) is 0 Å². The lowest BCUT2D eigenvalue weighted by atomic mass is 10.0. The Morgan fingerprint density at radius 1 is 1.42 bits per heavy atom. The van der Waals surface area contributed by atoms with Crippen LogP contribution in [0.5, 0.6) is 0 Å². The second kappa shape index (κ2) is 3.30. The van der Waals surface area contributed by atoms with Crippen LogP contribution in [0.1, 0.15) is 35.7 Å².